The fraction of sp³-hybridized carbons (Fsp3) is 0.500. The number of amides is 1. The third-order valence-electron chi connectivity index (χ3n) is 4.89. The van der Waals surface area contributed by atoms with Gasteiger partial charge in [-0.05, 0) is 51.3 Å². The molecular weight excluding hydrogens is 388 g/mol. The van der Waals surface area contributed by atoms with E-state index in [4.69, 9.17) is 14.5 Å². The van der Waals surface area contributed by atoms with Gasteiger partial charge < -0.3 is 9.47 Å². The number of aryl methyl sites for hydroxylation is 1. The van der Waals surface area contributed by atoms with Crippen LogP contribution in [0.3, 0.4) is 0 Å². The predicted octanol–water partition coefficient (Wildman–Crippen LogP) is 4.61. The number of carbonyl (C=O) groups is 2. The lowest BCUT2D eigenvalue weighted by atomic mass is 10.1. The maximum atomic E-state index is 12.9. The first-order chi connectivity index (χ1) is 14.0. The molecule has 1 aromatic carbocycles. The van der Waals surface area contributed by atoms with Gasteiger partial charge in [-0.2, -0.15) is 0 Å². The van der Waals surface area contributed by atoms with Crippen LogP contribution in [0.25, 0.3) is 11.3 Å². The maximum absolute atomic E-state index is 12.9. The van der Waals surface area contributed by atoms with Gasteiger partial charge in [-0.25, -0.2) is 9.78 Å². The quantitative estimate of drug-likeness (QED) is 0.464. The minimum atomic E-state index is -0.731. The van der Waals surface area contributed by atoms with Crippen molar-refractivity contribution >= 4 is 28.9 Å². The van der Waals surface area contributed by atoms with E-state index in [2.05, 4.69) is 6.92 Å². The Kier molecular flexibility index (Phi) is 6.90. The van der Waals surface area contributed by atoms with Crippen LogP contribution >= 0.6 is 11.3 Å². The van der Waals surface area contributed by atoms with E-state index in [-0.39, 0.29) is 5.91 Å². The molecular formula is C22H28N2O4S. The van der Waals surface area contributed by atoms with Crippen molar-refractivity contribution in [1.82, 2.24) is 4.98 Å². The zero-order valence-corrected chi connectivity index (χ0v) is 18.3. The molecule has 0 saturated heterocycles. The smallest absolute Gasteiger partial charge is 0.328 e. The summed E-state index contributed by atoms with van der Waals surface area (Å²) in [6.45, 7) is 7.91. The van der Waals surface area contributed by atoms with E-state index in [1.807, 2.05) is 30.5 Å². The molecule has 1 aliphatic rings. The molecule has 1 amide bonds. The summed E-state index contributed by atoms with van der Waals surface area (Å²) in [5.74, 6) is -0.0752. The third-order valence-corrected chi connectivity index (χ3v) is 5.80. The number of thiazole rings is 1. The van der Waals surface area contributed by atoms with Gasteiger partial charge in [0.2, 0.25) is 0 Å². The molecule has 0 saturated carbocycles. The molecule has 1 aromatic heterocycles. The molecule has 7 heteroatoms. The van der Waals surface area contributed by atoms with Gasteiger partial charge in [0.15, 0.2) is 6.10 Å². The number of aromatic nitrogens is 1. The topological polar surface area (TPSA) is 68.7 Å². The lowest BCUT2D eigenvalue weighted by Crippen LogP contribution is -2.52. The Morgan fingerprint density at radius 1 is 1.34 bits per heavy atom. The first-order valence-corrected chi connectivity index (χ1v) is 11.1. The minimum Gasteiger partial charge on any atom is -0.479 e. The summed E-state index contributed by atoms with van der Waals surface area (Å²) in [5, 5.41) is 3.11. The average Bonchev–Trinajstić information content (AvgIpc) is 3.17. The van der Waals surface area contributed by atoms with E-state index in [0.29, 0.717) is 18.0 Å². The number of nitrogens with zero attached hydrogens (tertiary/aromatic N) is 2. The zero-order valence-electron chi connectivity index (χ0n) is 17.4. The number of hydrogen-bond donors (Lipinski definition) is 0. The average molecular weight is 417 g/mol. The fourth-order valence-corrected chi connectivity index (χ4v) is 4.14. The molecule has 0 spiro atoms. The molecule has 2 heterocycles. The molecule has 2 atom stereocenters. The van der Waals surface area contributed by atoms with Crippen LogP contribution in [0.2, 0.25) is 0 Å². The molecule has 0 N–H and O–H groups in total. The van der Waals surface area contributed by atoms with Crippen molar-refractivity contribution in [3.63, 3.8) is 0 Å². The van der Waals surface area contributed by atoms with Crippen LogP contribution in [-0.4, -0.2) is 35.6 Å². The molecule has 29 heavy (non-hydrogen) atoms. The van der Waals surface area contributed by atoms with E-state index in [1.165, 1.54) is 4.90 Å². The van der Waals surface area contributed by atoms with Crippen LogP contribution < -0.4 is 9.64 Å². The SMILES string of the molecule is CCCCOC(=O)C(C)N1C(=O)C(C)Oc2ccc(-c3csc(CCC)n3)cc21. The fourth-order valence-electron chi connectivity index (χ4n) is 3.23. The van der Waals surface area contributed by atoms with E-state index in [1.54, 1.807) is 25.2 Å². The van der Waals surface area contributed by atoms with Gasteiger partial charge in [-0.15, -0.1) is 11.3 Å². The van der Waals surface area contributed by atoms with E-state index >= 15 is 0 Å². The lowest BCUT2D eigenvalue weighted by molar-refractivity contribution is -0.146. The van der Waals surface area contributed by atoms with Crippen molar-refractivity contribution in [3.05, 3.63) is 28.6 Å². The Morgan fingerprint density at radius 3 is 2.86 bits per heavy atom. The van der Waals surface area contributed by atoms with Crippen molar-refractivity contribution in [3.8, 4) is 17.0 Å². The summed E-state index contributed by atoms with van der Waals surface area (Å²) in [7, 11) is 0. The van der Waals surface area contributed by atoms with Crippen LogP contribution in [0.1, 0.15) is 52.0 Å². The molecule has 0 fully saturated rings. The molecule has 0 aliphatic carbocycles. The normalized spacial score (nSPS) is 16.9. The number of esters is 1. The molecule has 3 rings (SSSR count). The Bertz CT molecular complexity index is 879. The molecule has 0 radical (unpaired) electrons. The number of carbonyl (C=O) groups excluding carboxylic acids is 2. The molecule has 2 unspecified atom stereocenters. The van der Waals surface area contributed by atoms with Gasteiger partial charge in [0, 0.05) is 10.9 Å². The van der Waals surface area contributed by atoms with Crippen molar-refractivity contribution in [2.45, 2.75) is 65.5 Å². The van der Waals surface area contributed by atoms with Crippen molar-refractivity contribution in [1.29, 1.82) is 0 Å². The summed E-state index contributed by atoms with van der Waals surface area (Å²) in [6, 6.07) is 4.92. The second-order valence-corrected chi connectivity index (χ2v) is 8.17. The molecule has 0 bridgehead atoms. The summed E-state index contributed by atoms with van der Waals surface area (Å²) in [5.41, 5.74) is 2.34. The molecule has 2 aromatic rings. The highest BCUT2D eigenvalue weighted by Gasteiger charge is 2.38. The number of unbranched alkanes of at least 4 members (excludes halogenated alkanes) is 1. The maximum Gasteiger partial charge on any atom is 0.328 e. The van der Waals surface area contributed by atoms with Crippen molar-refractivity contribution in [2.75, 3.05) is 11.5 Å². The van der Waals surface area contributed by atoms with Crippen LogP contribution in [0.15, 0.2) is 23.6 Å². The van der Waals surface area contributed by atoms with Crippen LogP contribution in [-0.2, 0) is 20.7 Å². The molecule has 156 valence electrons. The second-order valence-electron chi connectivity index (χ2n) is 7.22. The Balaban J connectivity index is 1.92. The first kappa shape index (κ1) is 21.3. The highest BCUT2D eigenvalue weighted by molar-refractivity contribution is 7.09. The second kappa shape index (κ2) is 9.39. The van der Waals surface area contributed by atoms with Crippen LogP contribution in [0, 0.1) is 0 Å². The lowest BCUT2D eigenvalue weighted by Gasteiger charge is -2.36. The van der Waals surface area contributed by atoms with Crippen LogP contribution in [0.4, 0.5) is 5.69 Å². The van der Waals surface area contributed by atoms with Crippen molar-refractivity contribution in [2.24, 2.45) is 0 Å². The number of benzene rings is 1. The monoisotopic (exact) mass is 416 g/mol. The number of ether oxygens (including phenoxy) is 2. The minimum absolute atomic E-state index is 0.250. The molecule has 1 aliphatic heterocycles. The zero-order chi connectivity index (χ0) is 21.0. The van der Waals surface area contributed by atoms with Gasteiger partial charge in [0.1, 0.15) is 11.8 Å². The largest absolute Gasteiger partial charge is 0.479 e. The number of anilines is 1. The summed E-state index contributed by atoms with van der Waals surface area (Å²) < 4.78 is 11.1. The number of hydrogen-bond acceptors (Lipinski definition) is 6. The van der Waals surface area contributed by atoms with Gasteiger partial charge in [0.25, 0.3) is 5.91 Å². The number of fused-ring (bicyclic) bond motifs is 1. The van der Waals surface area contributed by atoms with Gasteiger partial charge >= 0.3 is 5.97 Å². The Hall–Kier alpha value is -2.41. The summed E-state index contributed by atoms with van der Waals surface area (Å²) >= 11 is 1.63. The van der Waals surface area contributed by atoms with Gasteiger partial charge in [-0.3, -0.25) is 9.69 Å². The standard InChI is InChI=1S/C22H28N2O4S/c1-5-7-11-27-22(26)14(3)24-18-12-16(17-13-29-20(23-17)8-6-2)9-10-19(18)28-15(4)21(24)25/h9-10,12-15H,5-8,11H2,1-4H3. The van der Waals surface area contributed by atoms with E-state index < -0.39 is 18.1 Å². The highest BCUT2D eigenvalue weighted by Crippen LogP contribution is 2.39. The third kappa shape index (κ3) is 4.61. The van der Waals surface area contributed by atoms with E-state index in [9.17, 15) is 9.59 Å². The van der Waals surface area contributed by atoms with E-state index in [0.717, 1.165) is 41.9 Å². The van der Waals surface area contributed by atoms with Gasteiger partial charge in [0.05, 0.1) is 23.0 Å². The van der Waals surface area contributed by atoms with Gasteiger partial charge in [-0.1, -0.05) is 20.3 Å². The Morgan fingerprint density at radius 2 is 2.14 bits per heavy atom. The highest BCUT2D eigenvalue weighted by atomic mass is 32.1. The van der Waals surface area contributed by atoms with Crippen LogP contribution in [0.5, 0.6) is 5.75 Å². The summed E-state index contributed by atoms with van der Waals surface area (Å²) in [6.07, 6.45) is 3.07. The summed E-state index contributed by atoms with van der Waals surface area (Å²) in [4.78, 5) is 31.6. The molecule has 6 nitrogen and oxygen atoms in total. The first-order valence-electron chi connectivity index (χ1n) is 10.2. The Labute approximate surface area is 175 Å². The predicted molar refractivity (Wildman–Crippen MR) is 114 cm³/mol. The number of rotatable bonds is 8. The van der Waals surface area contributed by atoms with Crippen molar-refractivity contribution < 1.29 is 19.1 Å².